The van der Waals surface area contributed by atoms with Gasteiger partial charge in [0.1, 0.15) is 17.6 Å². The molecule has 0 spiro atoms. The highest BCUT2D eigenvalue weighted by Gasteiger charge is 2.26. The van der Waals surface area contributed by atoms with Gasteiger partial charge in [0.15, 0.2) is 17.5 Å². The molecule has 10 nitrogen and oxygen atoms in total. The van der Waals surface area contributed by atoms with Crippen LogP contribution in [0.1, 0.15) is 18.4 Å². The third kappa shape index (κ3) is 4.19. The first-order chi connectivity index (χ1) is 16.5. The molecule has 1 saturated heterocycles. The maximum atomic E-state index is 14.4. The molecule has 0 saturated carbocycles. The fourth-order valence-corrected chi connectivity index (χ4v) is 3.92. The summed E-state index contributed by atoms with van der Waals surface area (Å²) in [6.07, 6.45) is 4.26. The lowest BCUT2D eigenvalue weighted by Gasteiger charge is -2.27. The fraction of sp³-hybridized carbons (Fsp3) is 0.318. The van der Waals surface area contributed by atoms with Crippen molar-refractivity contribution in [2.45, 2.75) is 18.9 Å². The van der Waals surface area contributed by atoms with E-state index in [1.807, 2.05) is 6.08 Å². The Balaban J connectivity index is 1.39. The van der Waals surface area contributed by atoms with Crippen LogP contribution in [0.2, 0.25) is 0 Å². The van der Waals surface area contributed by atoms with E-state index < -0.39 is 11.6 Å². The SMILES string of the molecule is Nc1ncc(C2=CCN(C(=O)O[C@H]3CCOC3)CC2)cc1-c1nnnn1-c1cccc(F)c1F. The van der Waals surface area contributed by atoms with Crippen molar-refractivity contribution in [1.29, 1.82) is 0 Å². The molecule has 1 aromatic carbocycles. The lowest BCUT2D eigenvalue weighted by atomic mass is 9.99. The Morgan fingerprint density at radius 1 is 1.29 bits per heavy atom. The van der Waals surface area contributed by atoms with Crippen LogP contribution in [0, 0.1) is 11.6 Å². The number of carbonyl (C=O) groups is 1. The Hall–Kier alpha value is -3.93. The highest BCUT2D eigenvalue weighted by molar-refractivity contribution is 5.77. The van der Waals surface area contributed by atoms with Gasteiger partial charge in [-0.2, -0.15) is 4.68 Å². The summed E-state index contributed by atoms with van der Waals surface area (Å²) in [7, 11) is 0. The van der Waals surface area contributed by atoms with Crippen molar-refractivity contribution in [3.05, 3.63) is 53.7 Å². The maximum absolute atomic E-state index is 14.4. The fourth-order valence-electron chi connectivity index (χ4n) is 3.92. The van der Waals surface area contributed by atoms with Crippen LogP contribution in [0.25, 0.3) is 22.6 Å². The zero-order chi connectivity index (χ0) is 23.7. The molecule has 0 unspecified atom stereocenters. The summed E-state index contributed by atoms with van der Waals surface area (Å²) in [6, 6.07) is 5.48. The summed E-state index contributed by atoms with van der Waals surface area (Å²) < 4.78 is 39.9. The van der Waals surface area contributed by atoms with Gasteiger partial charge in [-0.3, -0.25) is 0 Å². The number of hydrogen-bond acceptors (Lipinski definition) is 8. The molecule has 1 fully saturated rings. The molecule has 5 rings (SSSR count). The number of halogens is 2. The normalized spacial score (nSPS) is 18.1. The van der Waals surface area contributed by atoms with Gasteiger partial charge in [0, 0.05) is 25.7 Å². The van der Waals surface area contributed by atoms with Crippen molar-refractivity contribution >= 4 is 17.5 Å². The van der Waals surface area contributed by atoms with Gasteiger partial charge in [-0.05, 0) is 46.2 Å². The van der Waals surface area contributed by atoms with E-state index in [2.05, 4.69) is 20.5 Å². The van der Waals surface area contributed by atoms with Crippen molar-refractivity contribution in [3.8, 4) is 17.1 Å². The first-order valence-corrected chi connectivity index (χ1v) is 10.7. The first-order valence-electron chi connectivity index (χ1n) is 10.7. The van der Waals surface area contributed by atoms with Gasteiger partial charge in [0.25, 0.3) is 0 Å². The van der Waals surface area contributed by atoms with E-state index in [1.54, 1.807) is 17.2 Å². The summed E-state index contributed by atoms with van der Waals surface area (Å²) in [4.78, 5) is 18.3. The molecule has 0 aliphatic carbocycles. The van der Waals surface area contributed by atoms with Crippen LogP contribution in [0.5, 0.6) is 0 Å². The number of rotatable bonds is 4. The van der Waals surface area contributed by atoms with Crippen LogP contribution >= 0.6 is 0 Å². The van der Waals surface area contributed by atoms with Crippen LogP contribution in [-0.4, -0.2) is 68.6 Å². The van der Waals surface area contributed by atoms with E-state index in [1.165, 1.54) is 12.1 Å². The van der Waals surface area contributed by atoms with Gasteiger partial charge < -0.3 is 20.1 Å². The molecule has 1 atom stereocenters. The molecule has 3 aromatic rings. The Bertz CT molecular complexity index is 1260. The van der Waals surface area contributed by atoms with Crippen molar-refractivity contribution in [1.82, 2.24) is 30.1 Å². The van der Waals surface area contributed by atoms with E-state index in [4.69, 9.17) is 15.2 Å². The predicted molar refractivity (Wildman–Crippen MR) is 117 cm³/mol. The number of nitrogens with two attached hydrogens (primary N) is 1. The highest BCUT2D eigenvalue weighted by atomic mass is 19.2. The minimum absolute atomic E-state index is 0.122. The Morgan fingerprint density at radius 2 is 2.18 bits per heavy atom. The van der Waals surface area contributed by atoms with Crippen molar-refractivity contribution < 1.29 is 23.0 Å². The lowest BCUT2D eigenvalue weighted by Crippen LogP contribution is -2.37. The summed E-state index contributed by atoms with van der Waals surface area (Å²) >= 11 is 0. The molecule has 0 radical (unpaired) electrons. The van der Waals surface area contributed by atoms with E-state index in [-0.39, 0.29) is 29.5 Å². The van der Waals surface area contributed by atoms with Crippen LogP contribution < -0.4 is 5.73 Å². The molecule has 2 N–H and O–H groups in total. The third-order valence-electron chi connectivity index (χ3n) is 5.78. The number of hydrogen-bond donors (Lipinski definition) is 1. The maximum Gasteiger partial charge on any atom is 0.410 e. The number of amides is 1. The van der Waals surface area contributed by atoms with E-state index >= 15 is 0 Å². The monoisotopic (exact) mass is 469 g/mol. The molecule has 2 aliphatic rings. The third-order valence-corrected chi connectivity index (χ3v) is 5.78. The molecule has 176 valence electrons. The minimum atomic E-state index is -1.08. The topological polar surface area (TPSA) is 121 Å². The van der Waals surface area contributed by atoms with Gasteiger partial charge in [0.05, 0.1) is 18.8 Å². The van der Waals surface area contributed by atoms with Gasteiger partial charge >= 0.3 is 6.09 Å². The largest absolute Gasteiger partial charge is 0.444 e. The summed E-state index contributed by atoms with van der Waals surface area (Å²) in [6.45, 7) is 1.89. The number of nitrogens with zero attached hydrogens (tertiary/aromatic N) is 6. The molecule has 34 heavy (non-hydrogen) atoms. The summed E-state index contributed by atoms with van der Waals surface area (Å²) in [5.41, 5.74) is 8.02. The number of carbonyl (C=O) groups excluding carboxylic acids is 1. The predicted octanol–water partition coefficient (Wildman–Crippen LogP) is 2.60. The van der Waals surface area contributed by atoms with Crippen LogP contribution in [0.3, 0.4) is 0 Å². The summed E-state index contributed by atoms with van der Waals surface area (Å²) in [5.74, 6) is -1.84. The zero-order valence-corrected chi connectivity index (χ0v) is 18.0. The molecule has 0 bridgehead atoms. The van der Waals surface area contributed by atoms with E-state index in [0.29, 0.717) is 44.7 Å². The molecule has 12 heteroatoms. The standard InChI is InChI=1S/C22H21F2N7O3/c23-17-2-1-3-18(19(17)24)31-21(27-28-29-31)16-10-14(11-26-20(16)25)13-4-7-30(8-5-13)22(32)34-15-6-9-33-12-15/h1-4,10-11,15H,5-9,12H2,(H2,25,26)/t15-/m0/s1. The molecule has 2 aliphatic heterocycles. The lowest BCUT2D eigenvalue weighted by molar-refractivity contribution is 0.0569. The number of anilines is 1. The van der Waals surface area contributed by atoms with E-state index in [0.717, 1.165) is 21.9 Å². The molecule has 1 amide bonds. The number of aromatic nitrogens is 5. The van der Waals surface area contributed by atoms with Crippen molar-refractivity contribution in [3.63, 3.8) is 0 Å². The molecular weight excluding hydrogens is 448 g/mol. The average Bonchev–Trinajstić information content (AvgIpc) is 3.54. The number of tetrazole rings is 1. The Kier molecular flexibility index (Phi) is 5.88. The first kappa shape index (κ1) is 21.9. The highest BCUT2D eigenvalue weighted by Crippen LogP contribution is 2.30. The minimum Gasteiger partial charge on any atom is -0.444 e. The van der Waals surface area contributed by atoms with Crippen molar-refractivity contribution in [2.75, 3.05) is 32.0 Å². The number of pyridine rings is 1. The second-order valence-electron chi connectivity index (χ2n) is 7.94. The molecule has 4 heterocycles. The number of ether oxygens (including phenoxy) is 2. The smallest absolute Gasteiger partial charge is 0.410 e. The second kappa shape index (κ2) is 9.14. The van der Waals surface area contributed by atoms with Crippen LogP contribution in [0.4, 0.5) is 19.4 Å². The van der Waals surface area contributed by atoms with Crippen LogP contribution in [-0.2, 0) is 9.47 Å². The number of benzene rings is 1. The molecular formula is C22H21F2N7O3. The molecule has 2 aromatic heterocycles. The van der Waals surface area contributed by atoms with Gasteiger partial charge in [-0.25, -0.2) is 18.6 Å². The number of nitrogen functional groups attached to an aromatic ring is 1. The Labute approximate surface area is 193 Å². The summed E-state index contributed by atoms with van der Waals surface area (Å²) in [5, 5.41) is 11.4. The Morgan fingerprint density at radius 3 is 2.94 bits per heavy atom. The van der Waals surface area contributed by atoms with Gasteiger partial charge in [-0.1, -0.05) is 12.1 Å². The van der Waals surface area contributed by atoms with E-state index in [9.17, 15) is 13.6 Å². The second-order valence-corrected chi connectivity index (χ2v) is 7.94. The van der Waals surface area contributed by atoms with Gasteiger partial charge in [0.2, 0.25) is 0 Å². The van der Waals surface area contributed by atoms with Crippen molar-refractivity contribution in [2.24, 2.45) is 0 Å². The van der Waals surface area contributed by atoms with Crippen LogP contribution in [0.15, 0.2) is 36.5 Å². The quantitative estimate of drug-likeness (QED) is 0.619. The van der Waals surface area contributed by atoms with Gasteiger partial charge in [-0.15, -0.1) is 5.10 Å². The zero-order valence-electron chi connectivity index (χ0n) is 18.0. The average molecular weight is 469 g/mol.